The maximum atomic E-state index is 12.8. The quantitative estimate of drug-likeness (QED) is 0.584. The minimum absolute atomic E-state index is 0.0965. The summed E-state index contributed by atoms with van der Waals surface area (Å²) in [5.74, 6) is 0.295. The molecule has 1 heterocycles. The molecule has 29 heavy (non-hydrogen) atoms. The van der Waals surface area contributed by atoms with Crippen LogP contribution in [0.1, 0.15) is 23.9 Å². The van der Waals surface area contributed by atoms with E-state index in [1.54, 1.807) is 6.92 Å². The normalized spacial score (nSPS) is 12.6. The molecule has 1 unspecified atom stereocenters. The summed E-state index contributed by atoms with van der Waals surface area (Å²) in [6.45, 7) is 4.06. The third kappa shape index (κ3) is 5.38. The molecule has 0 saturated carbocycles. The zero-order valence-corrected chi connectivity index (χ0v) is 16.6. The Morgan fingerprint density at radius 2 is 1.86 bits per heavy atom. The minimum atomic E-state index is -4.47. The van der Waals surface area contributed by atoms with E-state index >= 15 is 0 Å². The number of carbonyl (C=O) groups excluding carboxylic acids is 1. The van der Waals surface area contributed by atoms with Gasteiger partial charge in [0.25, 0.3) is 0 Å². The maximum Gasteiger partial charge on any atom is 0.416 e. The van der Waals surface area contributed by atoms with Crippen LogP contribution in [0, 0.1) is 6.92 Å². The van der Waals surface area contributed by atoms with Crippen molar-refractivity contribution >= 4 is 23.4 Å². The number of aromatic nitrogens is 3. The molecule has 9 heteroatoms. The minimum Gasteiger partial charge on any atom is -0.325 e. The third-order valence-corrected chi connectivity index (χ3v) is 5.27. The second-order valence-electron chi connectivity index (χ2n) is 6.43. The molecule has 2 aromatic carbocycles. The van der Waals surface area contributed by atoms with Gasteiger partial charge in [-0.2, -0.15) is 13.2 Å². The lowest BCUT2D eigenvalue weighted by molar-refractivity contribution is -0.137. The van der Waals surface area contributed by atoms with Gasteiger partial charge in [-0.15, -0.1) is 10.2 Å². The number of alkyl halides is 3. The number of rotatable bonds is 6. The van der Waals surface area contributed by atoms with E-state index in [4.69, 9.17) is 0 Å². The van der Waals surface area contributed by atoms with Gasteiger partial charge in [-0.25, -0.2) is 0 Å². The molecule has 0 fully saturated rings. The number of amides is 1. The van der Waals surface area contributed by atoms with Crippen molar-refractivity contribution in [2.45, 2.75) is 37.0 Å². The topological polar surface area (TPSA) is 59.8 Å². The molecule has 0 radical (unpaired) electrons. The molecule has 1 aromatic heterocycles. The van der Waals surface area contributed by atoms with Gasteiger partial charge in [-0.1, -0.05) is 48.2 Å². The molecule has 0 aliphatic carbocycles. The number of benzene rings is 2. The van der Waals surface area contributed by atoms with Crippen LogP contribution >= 0.6 is 11.8 Å². The Balaban J connectivity index is 1.69. The number of hydrogen-bond donors (Lipinski definition) is 1. The van der Waals surface area contributed by atoms with Crippen molar-refractivity contribution in [2.75, 3.05) is 5.32 Å². The van der Waals surface area contributed by atoms with Gasteiger partial charge < -0.3 is 9.88 Å². The van der Waals surface area contributed by atoms with E-state index < -0.39 is 22.9 Å². The summed E-state index contributed by atoms with van der Waals surface area (Å²) in [6, 6.07) is 14.3. The molecule has 1 amide bonds. The lowest BCUT2D eigenvalue weighted by Crippen LogP contribution is -2.23. The summed E-state index contributed by atoms with van der Waals surface area (Å²) in [5, 5.41) is 10.7. The number of aryl methyl sites for hydroxylation is 1. The SMILES string of the molecule is Cc1nnc(SC(C)C(=O)Nc2cccc(C(F)(F)F)c2)n1Cc1ccccc1. The molecular weight excluding hydrogens is 401 g/mol. The summed E-state index contributed by atoms with van der Waals surface area (Å²) in [4.78, 5) is 12.5. The first-order valence-electron chi connectivity index (χ1n) is 8.82. The predicted molar refractivity (Wildman–Crippen MR) is 106 cm³/mol. The molecule has 0 bridgehead atoms. The van der Waals surface area contributed by atoms with Crippen molar-refractivity contribution in [2.24, 2.45) is 0 Å². The molecule has 1 atom stereocenters. The average Bonchev–Trinajstić information content (AvgIpc) is 3.02. The van der Waals surface area contributed by atoms with E-state index in [0.29, 0.717) is 17.5 Å². The lowest BCUT2D eigenvalue weighted by Gasteiger charge is -2.14. The van der Waals surface area contributed by atoms with Crippen LogP contribution in [0.5, 0.6) is 0 Å². The predicted octanol–water partition coefficient (Wildman–Crippen LogP) is 4.77. The Morgan fingerprint density at radius 1 is 1.14 bits per heavy atom. The van der Waals surface area contributed by atoms with Crippen LogP contribution in [0.15, 0.2) is 59.8 Å². The average molecular weight is 420 g/mol. The Kier molecular flexibility index (Phi) is 6.26. The van der Waals surface area contributed by atoms with Gasteiger partial charge in [0, 0.05) is 5.69 Å². The van der Waals surface area contributed by atoms with Crippen molar-refractivity contribution in [1.82, 2.24) is 14.8 Å². The molecule has 0 aliphatic rings. The molecule has 0 saturated heterocycles. The summed E-state index contributed by atoms with van der Waals surface area (Å²) < 4.78 is 40.4. The zero-order chi connectivity index (χ0) is 21.0. The highest BCUT2D eigenvalue weighted by Crippen LogP contribution is 2.31. The third-order valence-electron chi connectivity index (χ3n) is 4.19. The highest BCUT2D eigenvalue weighted by molar-refractivity contribution is 8.00. The number of thioether (sulfide) groups is 1. The molecule has 3 rings (SSSR count). The van der Waals surface area contributed by atoms with Crippen molar-refractivity contribution in [1.29, 1.82) is 0 Å². The Labute approximate surface area is 170 Å². The van der Waals surface area contributed by atoms with Gasteiger partial charge >= 0.3 is 6.18 Å². The number of halogens is 3. The number of carbonyl (C=O) groups is 1. The fourth-order valence-corrected chi connectivity index (χ4v) is 3.52. The van der Waals surface area contributed by atoms with Crippen molar-refractivity contribution in [3.8, 4) is 0 Å². The van der Waals surface area contributed by atoms with Crippen molar-refractivity contribution < 1.29 is 18.0 Å². The first kappa shape index (κ1) is 20.9. The fraction of sp³-hybridized carbons (Fsp3) is 0.250. The van der Waals surface area contributed by atoms with E-state index in [0.717, 1.165) is 17.7 Å². The highest BCUT2D eigenvalue weighted by atomic mass is 32.2. The van der Waals surface area contributed by atoms with Gasteiger partial charge in [0.2, 0.25) is 5.91 Å². The van der Waals surface area contributed by atoms with Crippen LogP contribution in [0.2, 0.25) is 0 Å². The Bertz CT molecular complexity index is 989. The number of nitrogens with one attached hydrogen (secondary N) is 1. The second kappa shape index (κ2) is 8.69. The Hall–Kier alpha value is -2.81. The van der Waals surface area contributed by atoms with Crippen LogP contribution in [0.4, 0.5) is 18.9 Å². The summed E-state index contributed by atoms with van der Waals surface area (Å²) in [7, 11) is 0. The maximum absolute atomic E-state index is 12.8. The van der Waals surface area contributed by atoms with Crippen LogP contribution in [-0.4, -0.2) is 25.9 Å². The van der Waals surface area contributed by atoms with E-state index in [9.17, 15) is 18.0 Å². The summed E-state index contributed by atoms with van der Waals surface area (Å²) >= 11 is 1.20. The summed E-state index contributed by atoms with van der Waals surface area (Å²) in [6.07, 6.45) is -4.47. The van der Waals surface area contributed by atoms with E-state index in [-0.39, 0.29) is 5.69 Å². The first-order chi connectivity index (χ1) is 13.7. The van der Waals surface area contributed by atoms with Crippen LogP contribution in [0.25, 0.3) is 0 Å². The van der Waals surface area contributed by atoms with Gasteiger partial charge in [-0.3, -0.25) is 4.79 Å². The Morgan fingerprint density at radius 3 is 2.55 bits per heavy atom. The highest BCUT2D eigenvalue weighted by Gasteiger charge is 2.30. The first-order valence-corrected chi connectivity index (χ1v) is 9.70. The lowest BCUT2D eigenvalue weighted by atomic mass is 10.2. The molecule has 152 valence electrons. The van der Waals surface area contributed by atoms with Gasteiger partial charge in [0.05, 0.1) is 17.4 Å². The number of nitrogens with zero attached hydrogens (tertiary/aromatic N) is 3. The van der Waals surface area contributed by atoms with Crippen LogP contribution in [0.3, 0.4) is 0 Å². The zero-order valence-electron chi connectivity index (χ0n) is 15.8. The monoisotopic (exact) mass is 420 g/mol. The number of anilines is 1. The van der Waals surface area contributed by atoms with Gasteiger partial charge in [0.15, 0.2) is 5.16 Å². The van der Waals surface area contributed by atoms with E-state index in [2.05, 4.69) is 15.5 Å². The standard InChI is InChI=1S/C20H19F3N4OS/c1-13(18(28)24-17-10-6-9-16(11-17)20(21,22)23)29-19-26-25-14(2)27(19)12-15-7-4-3-5-8-15/h3-11,13H,12H2,1-2H3,(H,24,28). The van der Waals surface area contributed by atoms with Crippen molar-refractivity contribution in [3.63, 3.8) is 0 Å². The van der Waals surface area contributed by atoms with Gasteiger partial charge in [0.1, 0.15) is 5.82 Å². The van der Waals surface area contributed by atoms with Crippen LogP contribution in [-0.2, 0) is 17.5 Å². The second-order valence-corrected chi connectivity index (χ2v) is 7.74. The van der Waals surface area contributed by atoms with E-state index in [1.807, 2.05) is 41.8 Å². The number of hydrogen-bond acceptors (Lipinski definition) is 4. The molecule has 0 spiro atoms. The summed E-state index contributed by atoms with van der Waals surface area (Å²) in [5.41, 5.74) is 0.353. The van der Waals surface area contributed by atoms with Crippen molar-refractivity contribution in [3.05, 3.63) is 71.5 Å². The van der Waals surface area contributed by atoms with E-state index in [1.165, 1.54) is 23.9 Å². The molecule has 3 aromatic rings. The van der Waals surface area contributed by atoms with Crippen LogP contribution < -0.4 is 5.32 Å². The smallest absolute Gasteiger partial charge is 0.325 e. The molecule has 1 N–H and O–H groups in total. The largest absolute Gasteiger partial charge is 0.416 e. The molecule has 0 aliphatic heterocycles. The fourth-order valence-electron chi connectivity index (χ4n) is 2.63. The molecular formula is C20H19F3N4OS. The van der Waals surface area contributed by atoms with Gasteiger partial charge in [-0.05, 0) is 37.6 Å². The molecule has 5 nitrogen and oxygen atoms in total.